The van der Waals surface area contributed by atoms with Gasteiger partial charge in [-0.05, 0) is 6.92 Å². The zero-order valence-corrected chi connectivity index (χ0v) is 7.16. The normalized spacial score (nSPS) is 40.5. The number of aliphatic hydroxyl groups excluding tert-OH is 1. The van der Waals surface area contributed by atoms with Gasteiger partial charge in [0.2, 0.25) is 0 Å². The van der Waals surface area contributed by atoms with Crippen molar-refractivity contribution in [1.82, 2.24) is 0 Å². The SMILES string of the molecule is CC1CC2(CC(O)O1)OCCO2. The molecule has 2 fully saturated rings. The van der Waals surface area contributed by atoms with Crippen molar-refractivity contribution >= 4 is 0 Å². The van der Waals surface area contributed by atoms with Crippen molar-refractivity contribution in [2.75, 3.05) is 13.2 Å². The van der Waals surface area contributed by atoms with Crippen LogP contribution in [0.3, 0.4) is 0 Å². The molecule has 0 aromatic heterocycles. The van der Waals surface area contributed by atoms with E-state index < -0.39 is 12.1 Å². The molecular weight excluding hydrogens is 160 g/mol. The van der Waals surface area contributed by atoms with Gasteiger partial charge >= 0.3 is 0 Å². The van der Waals surface area contributed by atoms with E-state index in [1.165, 1.54) is 0 Å². The molecule has 2 aliphatic rings. The molecular formula is C8H14O4. The van der Waals surface area contributed by atoms with Crippen LogP contribution >= 0.6 is 0 Å². The highest BCUT2D eigenvalue weighted by atomic mass is 16.7. The van der Waals surface area contributed by atoms with Gasteiger partial charge in [-0.1, -0.05) is 0 Å². The van der Waals surface area contributed by atoms with E-state index in [4.69, 9.17) is 14.2 Å². The van der Waals surface area contributed by atoms with E-state index in [0.717, 1.165) is 0 Å². The van der Waals surface area contributed by atoms with Crippen LogP contribution in [0, 0.1) is 0 Å². The first kappa shape index (κ1) is 8.44. The predicted octanol–water partition coefficient (Wildman–Crippen LogP) is 0.247. The molecule has 0 aromatic carbocycles. The Bertz CT molecular complexity index is 152. The third-order valence-corrected chi connectivity index (χ3v) is 2.29. The van der Waals surface area contributed by atoms with E-state index in [0.29, 0.717) is 26.1 Å². The number of hydrogen-bond donors (Lipinski definition) is 1. The van der Waals surface area contributed by atoms with Gasteiger partial charge in [0.15, 0.2) is 12.1 Å². The molecule has 2 saturated heterocycles. The molecule has 2 heterocycles. The summed E-state index contributed by atoms with van der Waals surface area (Å²) in [5.41, 5.74) is 0. The van der Waals surface area contributed by atoms with Gasteiger partial charge in [0.1, 0.15) is 0 Å². The van der Waals surface area contributed by atoms with Gasteiger partial charge in [0, 0.05) is 6.42 Å². The number of rotatable bonds is 0. The molecule has 1 spiro atoms. The van der Waals surface area contributed by atoms with Crippen LogP contribution in [0.5, 0.6) is 0 Å². The highest BCUT2D eigenvalue weighted by Gasteiger charge is 2.44. The van der Waals surface area contributed by atoms with Crippen LogP contribution in [0.1, 0.15) is 19.8 Å². The van der Waals surface area contributed by atoms with E-state index >= 15 is 0 Å². The third kappa shape index (κ3) is 1.47. The molecule has 2 rings (SSSR count). The molecule has 0 radical (unpaired) electrons. The Labute approximate surface area is 71.4 Å². The average molecular weight is 174 g/mol. The lowest BCUT2D eigenvalue weighted by atomic mass is 10.0. The minimum absolute atomic E-state index is 0.00634. The molecule has 0 amide bonds. The summed E-state index contributed by atoms with van der Waals surface area (Å²) < 4.78 is 16.1. The minimum atomic E-state index is -0.744. The highest BCUT2D eigenvalue weighted by Crippen LogP contribution is 2.35. The van der Waals surface area contributed by atoms with Crippen LogP contribution < -0.4 is 0 Å². The van der Waals surface area contributed by atoms with Crippen molar-refractivity contribution in [3.8, 4) is 0 Å². The fraction of sp³-hybridized carbons (Fsp3) is 1.00. The van der Waals surface area contributed by atoms with Crippen LogP contribution in [-0.4, -0.2) is 36.5 Å². The molecule has 1 N–H and O–H groups in total. The fourth-order valence-electron chi connectivity index (χ4n) is 1.88. The fourth-order valence-corrected chi connectivity index (χ4v) is 1.88. The largest absolute Gasteiger partial charge is 0.368 e. The van der Waals surface area contributed by atoms with Crippen LogP contribution in [0.25, 0.3) is 0 Å². The van der Waals surface area contributed by atoms with E-state index in [9.17, 15) is 5.11 Å². The van der Waals surface area contributed by atoms with Crippen LogP contribution in [-0.2, 0) is 14.2 Å². The Balaban J connectivity index is 2.04. The zero-order chi connectivity index (χ0) is 8.60. The summed E-state index contributed by atoms with van der Waals surface area (Å²) in [6.45, 7) is 3.16. The third-order valence-electron chi connectivity index (χ3n) is 2.29. The first-order chi connectivity index (χ1) is 5.70. The Hall–Kier alpha value is -0.160. The van der Waals surface area contributed by atoms with E-state index in [1.54, 1.807) is 0 Å². The number of aliphatic hydroxyl groups is 1. The van der Waals surface area contributed by atoms with Gasteiger partial charge in [0.05, 0.1) is 25.7 Å². The second kappa shape index (κ2) is 2.96. The van der Waals surface area contributed by atoms with Gasteiger partial charge < -0.3 is 19.3 Å². The van der Waals surface area contributed by atoms with Gasteiger partial charge in [-0.3, -0.25) is 0 Å². The quantitative estimate of drug-likeness (QED) is 0.571. The minimum Gasteiger partial charge on any atom is -0.368 e. The van der Waals surface area contributed by atoms with E-state index in [1.807, 2.05) is 6.92 Å². The summed E-state index contributed by atoms with van der Waals surface area (Å²) in [5, 5.41) is 9.32. The molecule has 0 saturated carbocycles. The average Bonchev–Trinajstić information content (AvgIpc) is 2.33. The van der Waals surface area contributed by atoms with Gasteiger partial charge in [0.25, 0.3) is 0 Å². The van der Waals surface area contributed by atoms with E-state index in [2.05, 4.69) is 0 Å². The first-order valence-electron chi connectivity index (χ1n) is 4.32. The molecule has 4 nitrogen and oxygen atoms in total. The lowest BCUT2D eigenvalue weighted by molar-refractivity contribution is -0.278. The number of ether oxygens (including phenoxy) is 3. The smallest absolute Gasteiger partial charge is 0.175 e. The molecule has 2 atom stereocenters. The Kier molecular flexibility index (Phi) is 2.08. The Morgan fingerprint density at radius 3 is 2.50 bits per heavy atom. The first-order valence-corrected chi connectivity index (χ1v) is 4.32. The van der Waals surface area contributed by atoms with E-state index in [-0.39, 0.29) is 6.10 Å². The van der Waals surface area contributed by atoms with Crippen molar-refractivity contribution in [2.45, 2.75) is 37.9 Å². The zero-order valence-electron chi connectivity index (χ0n) is 7.16. The van der Waals surface area contributed by atoms with Gasteiger partial charge in [-0.25, -0.2) is 0 Å². The summed E-state index contributed by atoms with van der Waals surface area (Å²) in [6, 6.07) is 0. The van der Waals surface area contributed by atoms with Gasteiger partial charge in [-0.2, -0.15) is 0 Å². The maximum absolute atomic E-state index is 9.32. The topological polar surface area (TPSA) is 47.9 Å². The summed E-state index contributed by atoms with van der Waals surface area (Å²) >= 11 is 0. The second-order valence-corrected chi connectivity index (χ2v) is 3.42. The van der Waals surface area contributed by atoms with Crippen molar-refractivity contribution in [3.05, 3.63) is 0 Å². The Morgan fingerprint density at radius 2 is 1.92 bits per heavy atom. The molecule has 0 aliphatic carbocycles. The predicted molar refractivity (Wildman–Crippen MR) is 40.4 cm³/mol. The van der Waals surface area contributed by atoms with Crippen LogP contribution in [0.2, 0.25) is 0 Å². The molecule has 2 unspecified atom stereocenters. The maximum atomic E-state index is 9.32. The molecule has 12 heavy (non-hydrogen) atoms. The van der Waals surface area contributed by atoms with Gasteiger partial charge in [-0.15, -0.1) is 0 Å². The summed E-state index contributed by atoms with van der Waals surface area (Å²) in [4.78, 5) is 0. The Morgan fingerprint density at radius 1 is 1.25 bits per heavy atom. The second-order valence-electron chi connectivity index (χ2n) is 3.42. The standard InChI is InChI=1S/C8H14O4/c1-6-4-8(5-7(9)12-6)10-2-3-11-8/h6-7,9H,2-5H2,1H3. The molecule has 0 bridgehead atoms. The molecule has 2 aliphatic heterocycles. The summed E-state index contributed by atoms with van der Waals surface area (Å²) in [7, 11) is 0. The van der Waals surface area contributed by atoms with Crippen molar-refractivity contribution in [3.63, 3.8) is 0 Å². The summed E-state index contributed by atoms with van der Waals surface area (Å²) in [6.07, 6.45) is 0.403. The molecule has 4 heteroatoms. The molecule has 0 aromatic rings. The van der Waals surface area contributed by atoms with Crippen LogP contribution in [0.4, 0.5) is 0 Å². The molecule has 70 valence electrons. The lowest BCUT2D eigenvalue weighted by Gasteiger charge is -2.37. The van der Waals surface area contributed by atoms with Crippen molar-refractivity contribution < 1.29 is 19.3 Å². The number of hydrogen-bond acceptors (Lipinski definition) is 4. The van der Waals surface area contributed by atoms with Crippen molar-refractivity contribution in [1.29, 1.82) is 0 Å². The maximum Gasteiger partial charge on any atom is 0.175 e. The monoisotopic (exact) mass is 174 g/mol. The van der Waals surface area contributed by atoms with Crippen LogP contribution in [0.15, 0.2) is 0 Å². The summed E-state index contributed by atoms with van der Waals surface area (Å²) in [5.74, 6) is -0.558. The highest BCUT2D eigenvalue weighted by molar-refractivity contribution is 4.82. The lowest BCUT2D eigenvalue weighted by Crippen LogP contribution is -2.45. The van der Waals surface area contributed by atoms with Crippen molar-refractivity contribution in [2.24, 2.45) is 0 Å².